The first-order chi connectivity index (χ1) is 11.5. The number of amides is 1. The molecule has 0 aromatic heterocycles. The van der Waals surface area contributed by atoms with Gasteiger partial charge in [0.25, 0.3) is 5.91 Å². The van der Waals surface area contributed by atoms with Gasteiger partial charge in [0, 0.05) is 11.6 Å². The zero-order valence-electron chi connectivity index (χ0n) is 13.8. The molecule has 0 spiro atoms. The number of hydrogen-bond donors (Lipinski definition) is 1. The maximum atomic E-state index is 12.2. The second-order valence-electron chi connectivity index (χ2n) is 5.12. The molecule has 0 bridgehead atoms. The Morgan fingerprint density at radius 3 is 2.54 bits per heavy atom. The van der Waals surface area contributed by atoms with Gasteiger partial charge in [0.05, 0.1) is 14.2 Å². The van der Waals surface area contributed by atoms with Crippen LogP contribution in [0.25, 0.3) is 0 Å². The van der Waals surface area contributed by atoms with Crippen molar-refractivity contribution >= 4 is 17.5 Å². The van der Waals surface area contributed by atoms with E-state index in [4.69, 9.17) is 25.8 Å². The van der Waals surface area contributed by atoms with Crippen molar-refractivity contribution in [3.63, 3.8) is 0 Å². The minimum Gasteiger partial charge on any atom is -0.493 e. The van der Waals surface area contributed by atoms with Gasteiger partial charge in [-0.3, -0.25) is 4.79 Å². The van der Waals surface area contributed by atoms with Gasteiger partial charge >= 0.3 is 0 Å². The van der Waals surface area contributed by atoms with Gasteiger partial charge in [-0.1, -0.05) is 23.7 Å². The van der Waals surface area contributed by atoms with E-state index in [1.54, 1.807) is 51.5 Å². The van der Waals surface area contributed by atoms with E-state index in [2.05, 4.69) is 5.32 Å². The third-order valence-electron chi connectivity index (χ3n) is 3.39. The van der Waals surface area contributed by atoms with Crippen LogP contribution in [0.2, 0.25) is 5.02 Å². The van der Waals surface area contributed by atoms with E-state index in [1.807, 2.05) is 12.1 Å². The molecule has 0 heterocycles. The van der Waals surface area contributed by atoms with Crippen LogP contribution < -0.4 is 19.5 Å². The van der Waals surface area contributed by atoms with E-state index >= 15 is 0 Å². The molecule has 1 atom stereocenters. The van der Waals surface area contributed by atoms with Gasteiger partial charge in [0.15, 0.2) is 17.6 Å². The number of carbonyl (C=O) groups excluding carboxylic acids is 1. The minimum absolute atomic E-state index is 0.218. The molecule has 0 aliphatic carbocycles. The van der Waals surface area contributed by atoms with Crippen molar-refractivity contribution in [1.29, 1.82) is 0 Å². The highest BCUT2D eigenvalue weighted by atomic mass is 35.5. The predicted molar refractivity (Wildman–Crippen MR) is 92.9 cm³/mol. The summed E-state index contributed by atoms with van der Waals surface area (Å²) in [7, 11) is 3.15. The number of hydrogen-bond acceptors (Lipinski definition) is 4. The highest BCUT2D eigenvalue weighted by Gasteiger charge is 2.15. The van der Waals surface area contributed by atoms with E-state index in [9.17, 15) is 4.79 Å². The maximum Gasteiger partial charge on any atom is 0.261 e. The summed E-state index contributed by atoms with van der Waals surface area (Å²) in [6.45, 7) is 2.05. The number of halogens is 1. The van der Waals surface area contributed by atoms with Crippen LogP contribution in [0.1, 0.15) is 12.5 Å². The summed E-state index contributed by atoms with van der Waals surface area (Å²) in [5, 5.41) is 3.39. The molecule has 6 heteroatoms. The molecular weight excluding hydrogens is 330 g/mol. The highest BCUT2D eigenvalue weighted by Crippen LogP contribution is 2.27. The van der Waals surface area contributed by atoms with Crippen LogP contribution in [-0.4, -0.2) is 26.2 Å². The highest BCUT2D eigenvalue weighted by molar-refractivity contribution is 6.30. The Kier molecular flexibility index (Phi) is 6.32. The molecule has 1 N–H and O–H groups in total. The molecule has 0 aliphatic rings. The Balaban J connectivity index is 1.92. The van der Waals surface area contributed by atoms with E-state index in [0.717, 1.165) is 5.56 Å². The Morgan fingerprint density at radius 1 is 1.12 bits per heavy atom. The first kappa shape index (κ1) is 17.9. The molecule has 0 saturated carbocycles. The second kappa shape index (κ2) is 8.45. The first-order valence-corrected chi connectivity index (χ1v) is 7.82. The van der Waals surface area contributed by atoms with E-state index in [0.29, 0.717) is 28.8 Å². The smallest absolute Gasteiger partial charge is 0.261 e. The van der Waals surface area contributed by atoms with Gasteiger partial charge in [-0.25, -0.2) is 0 Å². The minimum atomic E-state index is -0.636. The lowest BCUT2D eigenvalue weighted by Gasteiger charge is -2.15. The van der Waals surface area contributed by atoms with Crippen molar-refractivity contribution in [2.45, 2.75) is 19.6 Å². The number of ether oxygens (including phenoxy) is 3. The molecule has 0 fully saturated rings. The summed E-state index contributed by atoms with van der Waals surface area (Å²) in [4.78, 5) is 12.2. The zero-order chi connectivity index (χ0) is 17.5. The first-order valence-electron chi connectivity index (χ1n) is 7.44. The summed E-state index contributed by atoms with van der Waals surface area (Å²) in [6.07, 6.45) is -0.636. The molecule has 1 amide bonds. The van der Waals surface area contributed by atoms with Crippen LogP contribution in [0, 0.1) is 0 Å². The number of rotatable bonds is 7. The summed E-state index contributed by atoms with van der Waals surface area (Å²) in [5.41, 5.74) is 0.899. The maximum absolute atomic E-state index is 12.2. The van der Waals surface area contributed by atoms with Gasteiger partial charge < -0.3 is 19.5 Å². The van der Waals surface area contributed by atoms with Crippen LogP contribution >= 0.6 is 11.6 Å². The fourth-order valence-electron chi connectivity index (χ4n) is 2.12. The van der Waals surface area contributed by atoms with Crippen molar-refractivity contribution in [2.24, 2.45) is 0 Å². The third-order valence-corrected chi connectivity index (χ3v) is 3.63. The average molecular weight is 350 g/mol. The summed E-state index contributed by atoms with van der Waals surface area (Å²) >= 11 is 5.90. The molecular formula is C18H20ClNO4. The lowest BCUT2D eigenvalue weighted by molar-refractivity contribution is -0.127. The fraction of sp³-hybridized carbons (Fsp3) is 0.278. The van der Waals surface area contributed by atoms with Gasteiger partial charge in [-0.05, 0) is 42.8 Å². The Morgan fingerprint density at radius 2 is 1.88 bits per heavy atom. The summed E-state index contributed by atoms with van der Waals surface area (Å²) < 4.78 is 16.0. The Hall–Kier alpha value is -2.40. The second-order valence-corrected chi connectivity index (χ2v) is 5.56. The van der Waals surface area contributed by atoms with Gasteiger partial charge in [0.1, 0.15) is 5.75 Å². The largest absolute Gasteiger partial charge is 0.493 e. The molecule has 1 unspecified atom stereocenters. The van der Waals surface area contributed by atoms with Gasteiger partial charge in [0.2, 0.25) is 0 Å². The van der Waals surface area contributed by atoms with Crippen LogP contribution in [0.5, 0.6) is 17.2 Å². The van der Waals surface area contributed by atoms with Crippen molar-refractivity contribution in [3.8, 4) is 17.2 Å². The normalized spacial score (nSPS) is 11.5. The standard InChI is InChI=1S/C18H20ClNO4/c1-12(24-15-6-4-5-14(19)10-15)18(21)20-11-13-7-8-16(22-2)17(9-13)23-3/h4-10,12H,11H2,1-3H3,(H,20,21). The van der Waals surface area contributed by atoms with Gasteiger partial charge in [-0.2, -0.15) is 0 Å². The number of benzene rings is 2. The third kappa shape index (κ3) is 4.80. The lowest BCUT2D eigenvalue weighted by atomic mass is 10.2. The molecule has 0 saturated heterocycles. The zero-order valence-corrected chi connectivity index (χ0v) is 14.6. The Bertz CT molecular complexity index is 705. The van der Waals surface area contributed by atoms with Crippen molar-refractivity contribution in [3.05, 3.63) is 53.1 Å². The quantitative estimate of drug-likeness (QED) is 0.832. The topological polar surface area (TPSA) is 56.8 Å². The van der Waals surface area contributed by atoms with E-state index in [1.165, 1.54) is 0 Å². The number of methoxy groups -OCH3 is 2. The monoisotopic (exact) mass is 349 g/mol. The molecule has 128 valence electrons. The SMILES string of the molecule is COc1ccc(CNC(=O)C(C)Oc2cccc(Cl)c2)cc1OC. The predicted octanol–water partition coefficient (Wildman–Crippen LogP) is 3.44. The van der Waals surface area contributed by atoms with Crippen molar-refractivity contribution in [1.82, 2.24) is 5.32 Å². The van der Waals surface area contributed by atoms with Crippen LogP contribution in [-0.2, 0) is 11.3 Å². The van der Waals surface area contributed by atoms with Crippen molar-refractivity contribution in [2.75, 3.05) is 14.2 Å². The fourth-order valence-corrected chi connectivity index (χ4v) is 2.30. The summed E-state index contributed by atoms with van der Waals surface area (Å²) in [5.74, 6) is 1.60. The van der Waals surface area contributed by atoms with Crippen molar-refractivity contribution < 1.29 is 19.0 Å². The average Bonchev–Trinajstić information content (AvgIpc) is 2.59. The molecule has 0 radical (unpaired) electrons. The lowest BCUT2D eigenvalue weighted by Crippen LogP contribution is -2.35. The molecule has 2 aromatic rings. The van der Waals surface area contributed by atoms with Crippen LogP contribution in [0.15, 0.2) is 42.5 Å². The number of nitrogens with one attached hydrogen (secondary N) is 1. The number of carbonyl (C=O) groups is 1. The molecule has 2 aromatic carbocycles. The molecule has 5 nitrogen and oxygen atoms in total. The van der Waals surface area contributed by atoms with Crippen LogP contribution in [0.3, 0.4) is 0 Å². The van der Waals surface area contributed by atoms with E-state index in [-0.39, 0.29) is 5.91 Å². The van der Waals surface area contributed by atoms with Crippen LogP contribution in [0.4, 0.5) is 0 Å². The molecule has 0 aliphatic heterocycles. The van der Waals surface area contributed by atoms with Gasteiger partial charge in [-0.15, -0.1) is 0 Å². The van der Waals surface area contributed by atoms with E-state index < -0.39 is 6.10 Å². The molecule has 24 heavy (non-hydrogen) atoms. The molecule has 2 rings (SSSR count). The summed E-state index contributed by atoms with van der Waals surface area (Å²) in [6, 6.07) is 12.4. The Labute approximate surface area is 146 Å².